The molecular weight excluding hydrogens is 236 g/mol. The van der Waals surface area contributed by atoms with Crippen molar-refractivity contribution in [1.82, 2.24) is 10.6 Å². The Kier molecular flexibility index (Phi) is 5.83. The third-order valence-corrected chi connectivity index (χ3v) is 3.77. The minimum Gasteiger partial charge on any atom is -0.376 e. The van der Waals surface area contributed by atoms with Crippen LogP contribution in [-0.4, -0.2) is 32.8 Å². The maximum Gasteiger partial charge on any atom is 0.0718 e. The molecule has 106 valence electrons. The van der Waals surface area contributed by atoms with Crippen LogP contribution >= 0.6 is 0 Å². The molecule has 1 fully saturated rings. The van der Waals surface area contributed by atoms with Crippen molar-refractivity contribution in [2.45, 2.75) is 38.3 Å². The van der Waals surface area contributed by atoms with Crippen LogP contribution in [0.4, 0.5) is 0 Å². The first-order valence-electron chi connectivity index (χ1n) is 7.42. The first kappa shape index (κ1) is 14.5. The number of rotatable bonds is 6. The van der Waals surface area contributed by atoms with Gasteiger partial charge in [0.1, 0.15) is 0 Å². The van der Waals surface area contributed by atoms with Gasteiger partial charge in [0.2, 0.25) is 0 Å². The van der Waals surface area contributed by atoms with Crippen molar-refractivity contribution in [3.63, 3.8) is 0 Å². The molecular formula is C16H26N2O. The smallest absolute Gasteiger partial charge is 0.0718 e. The Morgan fingerprint density at radius 2 is 2.16 bits per heavy atom. The molecule has 2 atom stereocenters. The van der Waals surface area contributed by atoms with Crippen LogP contribution in [0, 0.1) is 0 Å². The van der Waals surface area contributed by atoms with Gasteiger partial charge in [-0.15, -0.1) is 0 Å². The normalized spacial score (nSPS) is 21.3. The molecule has 0 bridgehead atoms. The highest BCUT2D eigenvalue weighted by molar-refractivity contribution is 5.25. The molecule has 1 aromatic carbocycles. The lowest BCUT2D eigenvalue weighted by Crippen LogP contribution is -2.40. The number of hydrogen-bond donors (Lipinski definition) is 2. The molecule has 0 amide bonds. The summed E-state index contributed by atoms with van der Waals surface area (Å²) in [6, 6.07) is 9.39. The van der Waals surface area contributed by atoms with Gasteiger partial charge >= 0.3 is 0 Å². The molecule has 1 aliphatic rings. The van der Waals surface area contributed by atoms with E-state index in [9.17, 15) is 0 Å². The van der Waals surface area contributed by atoms with Crippen LogP contribution in [0.15, 0.2) is 24.3 Å². The van der Waals surface area contributed by atoms with Crippen molar-refractivity contribution in [1.29, 1.82) is 0 Å². The average molecular weight is 262 g/mol. The summed E-state index contributed by atoms with van der Waals surface area (Å²) in [5, 5.41) is 6.80. The van der Waals surface area contributed by atoms with E-state index in [0.717, 1.165) is 26.1 Å². The van der Waals surface area contributed by atoms with Gasteiger partial charge < -0.3 is 15.4 Å². The highest BCUT2D eigenvalue weighted by Gasteiger charge is 2.19. The summed E-state index contributed by atoms with van der Waals surface area (Å²) in [6.45, 7) is 4.99. The highest BCUT2D eigenvalue weighted by atomic mass is 16.5. The summed E-state index contributed by atoms with van der Waals surface area (Å²) in [5.74, 6) is 0. The van der Waals surface area contributed by atoms with Gasteiger partial charge in [0, 0.05) is 19.1 Å². The number of ether oxygens (including phenoxy) is 1. The fourth-order valence-corrected chi connectivity index (χ4v) is 2.66. The maximum absolute atomic E-state index is 5.79. The quantitative estimate of drug-likeness (QED) is 0.825. The maximum atomic E-state index is 5.79. The lowest BCUT2D eigenvalue weighted by atomic mass is 9.98. The minimum atomic E-state index is 0.321. The topological polar surface area (TPSA) is 33.3 Å². The van der Waals surface area contributed by atoms with Crippen molar-refractivity contribution < 1.29 is 4.74 Å². The summed E-state index contributed by atoms with van der Waals surface area (Å²) < 4.78 is 5.79. The van der Waals surface area contributed by atoms with Crippen LogP contribution in [0.25, 0.3) is 0 Å². The molecule has 19 heavy (non-hydrogen) atoms. The van der Waals surface area contributed by atoms with E-state index < -0.39 is 0 Å². The Morgan fingerprint density at radius 1 is 1.37 bits per heavy atom. The zero-order valence-corrected chi connectivity index (χ0v) is 12.1. The van der Waals surface area contributed by atoms with E-state index in [1.807, 2.05) is 7.05 Å². The van der Waals surface area contributed by atoms with Crippen LogP contribution in [-0.2, 0) is 11.2 Å². The summed E-state index contributed by atoms with van der Waals surface area (Å²) >= 11 is 0. The summed E-state index contributed by atoms with van der Waals surface area (Å²) in [5.41, 5.74) is 2.79. The number of aryl methyl sites for hydroxylation is 1. The van der Waals surface area contributed by atoms with Crippen LogP contribution in [0.1, 0.15) is 36.9 Å². The van der Waals surface area contributed by atoms with Crippen LogP contribution in [0.5, 0.6) is 0 Å². The SMILES string of the molecule is CCCc1ccc(C(CC2CNCCO2)NC)cc1. The van der Waals surface area contributed by atoms with Gasteiger partial charge in [-0.1, -0.05) is 37.6 Å². The van der Waals surface area contributed by atoms with Gasteiger partial charge in [0.25, 0.3) is 0 Å². The third kappa shape index (κ3) is 4.30. The first-order valence-corrected chi connectivity index (χ1v) is 7.42. The lowest BCUT2D eigenvalue weighted by Gasteiger charge is -2.27. The first-order chi connectivity index (χ1) is 9.33. The lowest BCUT2D eigenvalue weighted by molar-refractivity contribution is 0.0176. The predicted molar refractivity (Wildman–Crippen MR) is 79.5 cm³/mol. The van der Waals surface area contributed by atoms with E-state index in [2.05, 4.69) is 41.8 Å². The molecule has 2 N–H and O–H groups in total. The molecule has 1 heterocycles. The second kappa shape index (κ2) is 7.63. The van der Waals surface area contributed by atoms with Gasteiger partial charge in [-0.05, 0) is 31.0 Å². The van der Waals surface area contributed by atoms with Gasteiger partial charge in [-0.3, -0.25) is 0 Å². The molecule has 1 saturated heterocycles. The van der Waals surface area contributed by atoms with Crippen molar-refractivity contribution >= 4 is 0 Å². The van der Waals surface area contributed by atoms with E-state index in [-0.39, 0.29) is 0 Å². The Bertz CT molecular complexity index is 358. The third-order valence-electron chi connectivity index (χ3n) is 3.77. The highest BCUT2D eigenvalue weighted by Crippen LogP contribution is 2.21. The number of nitrogens with one attached hydrogen (secondary N) is 2. The Labute approximate surface area is 116 Å². The fraction of sp³-hybridized carbons (Fsp3) is 0.625. The molecule has 0 aromatic heterocycles. The van der Waals surface area contributed by atoms with Crippen molar-refractivity contribution in [2.24, 2.45) is 0 Å². The van der Waals surface area contributed by atoms with E-state index in [4.69, 9.17) is 4.74 Å². The van der Waals surface area contributed by atoms with E-state index >= 15 is 0 Å². The van der Waals surface area contributed by atoms with E-state index in [1.54, 1.807) is 0 Å². The van der Waals surface area contributed by atoms with E-state index in [0.29, 0.717) is 12.1 Å². The predicted octanol–water partition coefficient (Wildman–Crippen LogP) is 2.28. The molecule has 0 saturated carbocycles. The molecule has 3 nitrogen and oxygen atoms in total. The van der Waals surface area contributed by atoms with Crippen LogP contribution < -0.4 is 10.6 Å². The summed E-state index contributed by atoms with van der Waals surface area (Å²) in [4.78, 5) is 0. The molecule has 0 aliphatic carbocycles. The molecule has 2 unspecified atom stereocenters. The molecule has 2 rings (SSSR count). The van der Waals surface area contributed by atoms with Crippen LogP contribution in [0.3, 0.4) is 0 Å². The molecule has 1 aliphatic heterocycles. The second-order valence-electron chi connectivity index (χ2n) is 5.27. The van der Waals surface area contributed by atoms with Gasteiger partial charge in [-0.25, -0.2) is 0 Å². The van der Waals surface area contributed by atoms with Gasteiger partial charge in [-0.2, -0.15) is 0 Å². The zero-order chi connectivity index (χ0) is 13.5. The largest absolute Gasteiger partial charge is 0.376 e. The second-order valence-corrected chi connectivity index (χ2v) is 5.27. The van der Waals surface area contributed by atoms with Crippen LogP contribution in [0.2, 0.25) is 0 Å². The molecule has 3 heteroatoms. The molecule has 0 spiro atoms. The Balaban J connectivity index is 1.95. The number of benzene rings is 1. The molecule has 0 radical (unpaired) electrons. The number of hydrogen-bond acceptors (Lipinski definition) is 3. The summed E-state index contributed by atoms with van der Waals surface area (Å²) in [6.07, 6.45) is 3.72. The summed E-state index contributed by atoms with van der Waals surface area (Å²) in [7, 11) is 2.03. The Morgan fingerprint density at radius 3 is 2.74 bits per heavy atom. The van der Waals surface area contributed by atoms with E-state index in [1.165, 1.54) is 24.0 Å². The van der Waals surface area contributed by atoms with Gasteiger partial charge in [0.15, 0.2) is 0 Å². The molecule has 1 aromatic rings. The fourth-order valence-electron chi connectivity index (χ4n) is 2.66. The van der Waals surface area contributed by atoms with Crippen molar-refractivity contribution in [3.8, 4) is 0 Å². The monoisotopic (exact) mass is 262 g/mol. The van der Waals surface area contributed by atoms with Crippen molar-refractivity contribution in [3.05, 3.63) is 35.4 Å². The standard InChI is InChI=1S/C16H26N2O/c1-3-4-13-5-7-14(8-6-13)16(17-2)11-15-12-18-9-10-19-15/h5-8,15-18H,3-4,9-12H2,1-2H3. The average Bonchev–Trinajstić information content (AvgIpc) is 2.47. The Hall–Kier alpha value is -0.900. The van der Waals surface area contributed by atoms with Gasteiger partial charge in [0.05, 0.1) is 12.7 Å². The zero-order valence-electron chi connectivity index (χ0n) is 12.1. The number of morpholine rings is 1. The van der Waals surface area contributed by atoms with Crippen molar-refractivity contribution in [2.75, 3.05) is 26.7 Å². The minimum absolute atomic E-state index is 0.321.